The lowest BCUT2D eigenvalue weighted by molar-refractivity contribution is -0.132. The van der Waals surface area contributed by atoms with Gasteiger partial charge in [-0.3, -0.25) is 9.48 Å². The highest BCUT2D eigenvalue weighted by molar-refractivity contribution is 5.76. The summed E-state index contributed by atoms with van der Waals surface area (Å²) in [7, 11) is 3.80. The van der Waals surface area contributed by atoms with Crippen LogP contribution < -0.4 is 0 Å². The zero-order chi connectivity index (χ0) is 17.5. The Bertz CT molecular complexity index is 660. The molecule has 6 nitrogen and oxygen atoms in total. The molecule has 1 heterocycles. The molecular weight excluding hydrogens is 316 g/mol. The van der Waals surface area contributed by atoms with E-state index in [9.17, 15) is 13.6 Å². The van der Waals surface area contributed by atoms with Crippen molar-refractivity contribution < 1.29 is 13.6 Å². The number of halogens is 2. The van der Waals surface area contributed by atoms with Crippen molar-refractivity contribution in [3.8, 4) is 0 Å². The van der Waals surface area contributed by atoms with Crippen molar-refractivity contribution in [2.75, 3.05) is 27.2 Å². The molecule has 0 N–H and O–H groups in total. The Morgan fingerprint density at radius 2 is 2.04 bits per heavy atom. The molecule has 0 fully saturated rings. The van der Waals surface area contributed by atoms with Gasteiger partial charge in [-0.1, -0.05) is 6.07 Å². The normalized spacial score (nSPS) is 11.0. The zero-order valence-corrected chi connectivity index (χ0v) is 13.8. The molecule has 0 spiro atoms. The molecule has 0 bridgehead atoms. The molecule has 1 amide bonds. The number of aryl methyl sites for hydroxylation is 1. The summed E-state index contributed by atoms with van der Waals surface area (Å²) in [5.41, 5.74) is 0.296. The fourth-order valence-electron chi connectivity index (χ4n) is 2.18. The maximum absolute atomic E-state index is 13.9. The van der Waals surface area contributed by atoms with E-state index in [1.54, 1.807) is 9.58 Å². The fourth-order valence-corrected chi connectivity index (χ4v) is 2.18. The van der Waals surface area contributed by atoms with Gasteiger partial charge in [-0.25, -0.2) is 13.8 Å². The highest BCUT2D eigenvalue weighted by Gasteiger charge is 2.16. The van der Waals surface area contributed by atoms with E-state index < -0.39 is 11.6 Å². The van der Waals surface area contributed by atoms with Crippen molar-refractivity contribution in [3.63, 3.8) is 0 Å². The van der Waals surface area contributed by atoms with Gasteiger partial charge >= 0.3 is 0 Å². The van der Waals surface area contributed by atoms with E-state index >= 15 is 0 Å². The Morgan fingerprint density at radius 3 is 2.67 bits per heavy atom. The highest BCUT2D eigenvalue weighted by Crippen LogP contribution is 2.13. The summed E-state index contributed by atoms with van der Waals surface area (Å²) in [6, 6.07) is 3.40. The van der Waals surface area contributed by atoms with E-state index in [-0.39, 0.29) is 18.9 Å². The second-order valence-electron chi connectivity index (χ2n) is 5.76. The summed E-state index contributed by atoms with van der Waals surface area (Å²) in [4.78, 5) is 19.8. The van der Waals surface area contributed by atoms with E-state index in [4.69, 9.17) is 0 Å². The molecule has 0 saturated heterocycles. The van der Waals surface area contributed by atoms with Gasteiger partial charge in [0, 0.05) is 37.7 Å². The van der Waals surface area contributed by atoms with Crippen molar-refractivity contribution >= 4 is 5.91 Å². The first kappa shape index (κ1) is 18.0. The van der Waals surface area contributed by atoms with Crippen molar-refractivity contribution in [2.45, 2.75) is 19.5 Å². The average Bonchev–Trinajstić information content (AvgIpc) is 3.04. The van der Waals surface area contributed by atoms with Crippen LogP contribution in [0.3, 0.4) is 0 Å². The third kappa shape index (κ3) is 5.38. The third-order valence-corrected chi connectivity index (χ3v) is 3.57. The lowest BCUT2D eigenvalue weighted by atomic mass is 10.2. The number of carbonyl (C=O) groups is 1. The molecule has 2 aromatic rings. The van der Waals surface area contributed by atoms with Gasteiger partial charge in [0.1, 0.15) is 24.3 Å². The van der Waals surface area contributed by atoms with E-state index in [1.807, 2.05) is 19.0 Å². The number of likely N-dealkylation sites (N-methyl/N-ethyl adjacent to an activating group) is 1. The summed E-state index contributed by atoms with van der Waals surface area (Å²) < 4.78 is 28.5. The summed E-state index contributed by atoms with van der Waals surface area (Å²) >= 11 is 0. The van der Waals surface area contributed by atoms with Crippen LogP contribution in [0.2, 0.25) is 0 Å². The first-order valence-corrected chi connectivity index (χ1v) is 7.64. The standard InChI is InChI=1S/C16H21F2N5O/c1-21(2)7-8-22(10-13-3-4-14(17)9-15(13)18)16(24)5-6-23-12-19-11-20-23/h3-4,9,11-12H,5-8,10H2,1-2H3. The van der Waals surface area contributed by atoms with Crippen LogP contribution in [-0.4, -0.2) is 57.7 Å². The number of benzene rings is 1. The van der Waals surface area contributed by atoms with Crippen molar-refractivity contribution in [2.24, 2.45) is 0 Å². The quantitative estimate of drug-likeness (QED) is 0.733. The smallest absolute Gasteiger partial charge is 0.224 e. The van der Waals surface area contributed by atoms with Crippen LogP contribution in [0.25, 0.3) is 0 Å². The topological polar surface area (TPSA) is 54.3 Å². The number of carbonyl (C=O) groups excluding carboxylic acids is 1. The monoisotopic (exact) mass is 337 g/mol. The lowest BCUT2D eigenvalue weighted by Gasteiger charge is -2.25. The second-order valence-corrected chi connectivity index (χ2v) is 5.76. The summed E-state index contributed by atoms with van der Waals surface area (Å²) in [6.45, 7) is 1.62. The predicted molar refractivity (Wildman–Crippen MR) is 85.0 cm³/mol. The van der Waals surface area contributed by atoms with Gasteiger partial charge in [-0.2, -0.15) is 5.10 Å². The molecule has 1 aromatic heterocycles. The Hall–Kier alpha value is -2.35. The molecule has 1 aromatic carbocycles. The highest BCUT2D eigenvalue weighted by atomic mass is 19.1. The molecule has 24 heavy (non-hydrogen) atoms. The molecule has 0 radical (unpaired) electrons. The van der Waals surface area contributed by atoms with E-state index in [0.29, 0.717) is 25.2 Å². The molecule has 0 aliphatic rings. The van der Waals surface area contributed by atoms with Gasteiger partial charge < -0.3 is 9.80 Å². The first-order valence-electron chi connectivity index (χ1n) is 7.64. The minimum Gasteiger partial charge on any atom is -0.337 e. The average molecular weight is 337 g/mol. The van der Waals surface area contributed by atoms with Crippen molar-refractivity contribution in [1.82, 2.24) is 24.6 Å². The van der Waals surface area contributed by atoms with Gasteiger partial charge in [0.2, 0.25) is 5.91 Å². The van der Waals surface area contributed by atoms with Gasteiger partial charge in [0.15, 0.2) is 0 Å². The molecule has 0 atom stereocenters. The van der Waals surface area contributed by atoms with Crippen LogP contribution in [0, 0.1) is 11.6 Å². The minimum absolute atomic E-state index is 0.107. The van der Waals surface area contributed by atoms with Crippen molar-refractivity contribution in [1.29, 1.82) is 0 Å². The SMILES string of the molecule is CN(C)CCN(Cc1ccc(F)cc1F)C(=O)CCn1cncn1. The van der Waals surface area contributed by atoms with Gasteiger partial charge in [0.05, 0.1) is 6.54 Å². The minimum atomic E-state index is -0.645. The Kier molecular flexibility index (Phi) is 6.36. The van der Waals surface area contributed by atoms with Crippen LogP contribution in [0.1, 0.15) is 12.0 Å². The molecule has 0 aliphatic heterocycles. The molecule has 130 valence electrons. The van der Waals surface area contributed by atoms with Gasteiger partial charge in [-0.15, -0.1) is 0 Å². The van der Waals surface area contributed by atoms with E-state index in [1.165, 1.54) is 24.8 Å². The molecule has 0 aliphatic carbocycles. The maximum Gasteiger partial charge on any atom is 0.224 e. The van der Waals surface area contributed by atoms with E-state index in [0.717, 1.165) is 6.07 Å². The summed E-state index contributed by atoms with van der Waals surface area (Å²) in [6.07, 6.45) is 3.18. The molecule has 2 rings (SSSR count). The number of hydrogen-bond donors (Lipinski definition) is 0. The molecule has 0 unspecified atom stereocenters. The zero-order valence-electron chi connectivity index (χ0n) is 13.8. The Balaban J connectivity index is 2.03. The number of nitrogens with zero attached hydrogens (tertiary/aromatic N) is 5. The molecule has 8 heteroatoms. The summed E-state index contributed by atoms with van der Waals surface area (Å²) in [5.74, 6) is -1.39. The van der Waals surface area contributed by atoms with Crippen LogP contribution >= 0.6 is 0 Å². The third-order valence-electron chi connectivity index (χ3n) is 3.57. The number of rotatable bonds is 8. The number of hydrogen-bond acceptors (Lipinski definition) is 4. The number of amides is 1. The Morgan fingerprint density at radius 1 is 1.25 bits per heavy atom. The van der Waals surface area contributed by atoms with Crippen LogP contribution in [-0.2, 0) is 17.9 Å². The first-order chi connectivity index (χ1) is 11.5. The lowest BCUT2D eigenvalue weighted by Crippen LogP contribution is -2.36. The van der Waals surface area contributed by atoms with Crippen LogP contribution in [0.4, 0.5) is 8.78 Å². The Labute approximate surface area is 139 Å². The second kappa shape index (κ2) is 8.49. The van der Waals surface area contributed by atoms with Crippen LogP contribution in [0.15, 0.2) is 30.9 Å². The number of aromatic nitrogens is 3. The molecule has 0 saturated carbocycles. The maximum atomic E-state index is 13.9. The predicted octanol–water partition coefficient (Wildman–Crippen LogP) is 1.54. The summed E-state index contributed by atoms with van der Waals surface area (Å²) in [5, 5.41) is 3.95. The largest absolute Gasteiger partial charge is 0.337 e. The molecular formula is C16H21F2N5O. The van der Waals surface area contributed by atoms with Gasteiger partial charge in [0.25, 0.3) is 0 Å². The van der Waals surface area contributed by atoms with E-state index in [2.05, 4.69) is 10.1 Å². The van der Waals surface area contributed by atoms with Gasteiger partial charge in [-0.05, 0) is 20.2 Å². The van der Waals surface area contributed by atoms with Crippen LogP contribution in [0.5, 0.6) is 0 Å². The fraction of sp³-hybridized carbons (Fsp3) is 0.438. The van der Waals surface area contributed by atoms with Crippen molar-refractivity contribution in [3.05, 3.63) is 48.1 Å².